The number of hydrogen-bond acceptors (Lipinski definition) is 4. The van der Waals surface area contributed by atoms with Crippen LogP contribution >= 0.6 is 0 Å². The Morgan fingerprint density at radius 3 is 3.00 bits per heavy atom. The third-order valence-corrected chi connectivity index (χ3v) is 5.77. The summed E-state index contributed by atoms with van der Waals surface area (Å²) in [4.78, 5) is 6.94. The van der Waals surface area contributed by atoms with Crippen molar-refractivity contribution in [3.8, 4) is 5.75 Å². The Hall–Kier alpha value is -1.91. The van der Waals surface area contributed by atoms with Crippen molar-refractivity contribution in [3.63, 3.8) is 0 Å². The van der Waals surface area contributed by atoms with Crippen molar-refractivity contribution in [1.29, 1.82) is 0 Å². The van der Waals surface area contributed by atoms with Gasteiger partial charge in [0.1, 0.15) is 5.75 Å². The summed E-state index contributed by atoms with van der Waals surface area (Å²) in [6, 6.07) is 8.06. The van der Waals surface area contributed by atoms with E-state index in [0.29, 0.717) is 11.8 Å². The molecule has 1 aromatic heterocycles. The minimum absolute atomic E-state index is 0.185. The SMILES string of the molecule is C=C[C@@H]1CN2CC[C@H]1C[C@H]2[C@H](O)c1cnc2ccc(OC)cc2c1. The van der Waals surface area contributed by atoms with Crippen LogP contribution in [0.25, 0.3) is 10.9 Å². The van der Waals surface area contributed by atoms with Gasteiger partial charge in [0.15, 0.2) is 0 Å². The topological polar surface area (TPSA) is 45.6 Å². The molecule has 0 amide bonds. The van der Waals surface area contributed by atoms with Gasteiger partial charge in [0.2, 0.25) is 0 Å². The number of pyridine rings is 1. The van der Waals surface area contributed by atoms with Crippen LogP contribution in [-0.4, -0.2) is 41.2 Å². The maximum absolute atomic E-state index is 11.0. The largest absolute Gasteiger partial charge is 0.497 e. The predicted molar refractivity (Wildman–Crippen MR) is 95.0 cm³/mol. The number of hydrogen-bond donors (Lipinski definition) is 1. The molecular formula is C20H24N2O2. The van der Waals surface area contributed by atoms with Gasteiger partial charge >= 0.3 is 0 Å². The number of benzene rings is 1. The fourth-order valence-corrected chi connectivity index (χ4v) is 4.34. The summed E-state index contributed by atoms with van der Waals surface area (Å²) in [7, 11) is 1.66. The highest BCUT2D eigenvalue weighted by atomic mass is 16.5. The number of methoxy groups -OCH3 is 1. The normalized spacial score (nSPS) is 30.2. The van der Waals surface area contributed by atoms with E-state index in [1.54, 1.807) is 7.11 Å². The molecule has 1 N–H and O–H groups in total. The number of aliphatic hydroxyl groups is 1. The van der Waals surface area contributed by atoms with Gasteiger partial charge in [0.25, 0.3) is 0 Å². The first-order valence-corrected chi connectivity index (χ1v) is 8.68. The molecule has 0 radical (unpaired) electrons. The molecule has 126 valence electrons. The molecule has 4 heterocycles. The Balaban J connectivity index is 1.61. The van der Waals surface area contributed by atoms with E-state index < -0.39 is 6.10 Å². The maximum atomic E-state index is 11.0. The second kappa shape index (κ2) is 6.19. The summed E-state index contributed by atoms with van der Waals surface area (Å²) >= 11 is 0. The fraction of sp³-hybridized carbons (Fsp3) is 0.450. The van der Waals surface area contributed by atoms with Crippen molar-refractivity contribution >= 4 is 10.9 Å². The van der Waals surface area contributed by atoms with Crippen LogP contribution in [0.15, 0.2) is 43.1 Å². The molecule has 3 aliphatic rings. The zero-order valence-corrected chi connectivity index (χ0v) is 14.1. The van der Waals surface area contributed by atoms with Gasteiger partial charge in [-0.1, -0.05) is 6.08 Å². The number of nitrogens with zero attached hydrogens (tertiary/aromatic N) is 2. The third kappa shape index (κ3) is 2.60. The monoisotopic (exact) mass is 324 g/mol. The Morgan fingerprint density at radius 2 is 2.29 bits per heavy atom. The van der Waals surface area contributed by atoms with E-state index in [4.69, 9.17) is 4.74 Å². The van der Waals surface area contributed by atoms with Crippen LogP contribution in [0, 0.1) is 11.8 Å². The zero-order valence-electron chi connectivity index (χ0n) is 14.1. The first kappa shape index (κ1) is 15.6. The number of aliphatic hydroxyl groups excluding tert-OH is 1. The number of rotatable bonds is 4. The van der Waals surface area contributed by atoms with Crippen LogP contribution in [-0.2, 0) is 0 Å². The molecule has 5 rings (SSSR count). The quantitative estimate of drug-likeness (QED) is 0.878. The molecule has 3 aliphatic heterocycles. The van der Waals surface area contributed by atoms with Crippen molar-refractivity contribution in [2.45, 2.75) is 25.0 Å². The molecule has 3 fully saturated rings. The average molecular weight is 324 g/mol. The minimum Gasteiger partial charge on any atom is -0.497 e. The smallest absolute Gasteiger partial charge is 0.119 e. The summed E-state index contributed by atoms with van der Waals surface area (Å²) < 4.78 is 5.30. The summed E-state index contributed by atoms with van der Waals surface area (Å²) in [5.74, 6) is 2.03. The van der Waals surface area contributed by atoms with Gasteiger partial charge in [0, 0.05) is 29.7 Å². The van der Waals surface area contributed by atoms with E-state index in [1.165, 1.54) is 6.42 Å². The Morgan fingerprint density at radius 1 is 1.42 bits per heavy atom. The maximum Gasteiger partial charge on any atom is 0.119 e. The summed E-state index contributed by atoms with van der Waals surface area (Å²) in [5.41, 5.74) is 1.81. The van der Waals surface area contributed by atoms with E-state index in [2.05, 4.69) is 22.5 Å². The molecule has 1 aromatic carbocycles. The van der Waals surface area contributed by atoms with E-state index in [0.717, 1.165) is 41.7 Å². The molecule has 3 saturated heterocycles. The lowest BCUT2D eigenvalue weighted by Gasteiger charge is -2.50. The predicted octanol–water partition coefficient (Wildman–Crippen LogP) is 3.17. The highest BCUT2D eigenvalue weighted by Crippen LogP contribution is 2.41. The number of piperidine rings is 3. The first-order chi connectivity index (χ1) is 11.7. The summed E-state index contributed by atoms with van der Waals surface area (Å²) in [6.07, 6.45) is 5.65. The molecule has 2 bridgehead atoms. The zero-order chi connectivity index (χ0) is 16.7. The van der Waals surface area contributed by atoms with Gasteiger partial charge in [-0.15, -0.1) is 6.58 Å². The molecule has 1 unspecified atom stereocenters. The van der Waals surface area contributed by atoms with Crippen molar-refractivity contribution in [3.05, 3.63) is 48.7 Å². The average Bonchev–Trinajstić information content (AvgIpc) is 2.66. The lowest BCUT2D eigenvalue weighted by atomic mass is 9.74. The van der Waals surface area contributed by atoms with Crippen molar-refractivity contribution < 1.29 is 9.84 Å². The molecule has 0 aliphatic carbocycles. The van der Waals surface area contributed by atoms with Crippen LogP contribution in [0.2, 0.25) is 0 Å². The van der Waals surface area contributed by atoms with Crippen LogP contribution in [0.1, 0.15) is 24.5 Å². The van der Waals surface area contributed by atoms with Gasteiger partial charge in [-0.3, -0.25) is 9.88 Å². The second-order valence-corrected chi connectivity index (χ2v) is 7.02. The van der Waals surface area contributed by atoms with Gasteiger partial charge in [-0.25, -0.2) is 0 Å². The van der Waals surface area contributed by atoms with Gasteiger partial charge in [-0.2, -0.15) is 0 Å². The highest BCUT2D eigenvalue weighted by molar-refractivity contribution is 5.80. The molecule has 0 saturated carbocycles. The lowest BCUT2D eigenvalue weighted by Crippen LogP contribution is -2.54. The van der Waals surface area contributed by atoms with Crippen LogP contribution in [0.4, 0.5) is 0 Å². The minimum atomic E-state index is -0.498. The van der Waals surface area contributed by atoms with Gasteiger partial charge < -0.3 is 9.84 Å². The van der Waals surface area contributed by atoms with Crippen molar-refractivity contribution in [2.24, 2.45) is 11.8 Å². The molecule has 4 nitrogen and oxygen atoms in total. The molecule has 2 aromatic rings. The molecule has 4 heteroatoms. The summed E-state index contributed by atoms with van der Waals surface area (Å²) in [5, 5.41) is 12.0. The first-order valence-electron chi connectivity index (χ1n) is 8.68. The van der Waals surface area contributed by atoms with E-state index >= 15 is 0 Å². The standard InChI is InChI=1S/C20H24N2O2/c1-3-13-12-22-7-6-14(13)10-19(22)20(23)16-8-15-9-17(24-2)4-5-18(15)21-11-16/h3-5,8-9,11,13-14,19-20,23H,1,6-7,10,12H2,2H3/t13-,14+,19+,20-/m1/s1. The second-order valence-electron chi connectivity index (χ2n) is 7.02. The fourth-order valence-electron chi connectivity index (χ4n) is 4.34. The number of ether oxygens (including phenoxy) is 1. The van der Waals surface area contributed by atoms with Crippen molar-refractivity contribution in [1.82, 2.24) is 9.88 Å². The third-order valence-electron chi connectivity index (χ3n) is 5.77. The Labute approximate surface area is 142 Å². The van der Waals surface area contributed by atoms with Crippen LogP contribution in [0.5, 0.6) is 5.75 Å². The van der Waals surface area contributed by atoms with E-state index in [-0.39, 0.29) is 6.04 Å². The Kier molecular flexibility index (Phi) is 4.02. The molecule has 0 spiro atoms. The lowest BCUT2D eigenvalue weighted by molar-refractivity contribution is -0.0449. The Bertz CT molecular complexity index is 760. The van der Waals surface area contributed by atoms with E-state index in [1.807, 2.05) is 30.5 Å². The summed E-state index contributed by atoms with van der Waals surface area (Å²) in [6.45, 7) is 6.06. The van der Waals surface area contributed by atoms with Gasteiger partial charge in [-0.05, 0) is 55.5 Å². The highest BCUT2D eigenvalue weighted by Gasteiger charge is 2.42. The van der Waals surface area contributed by atoms with Gasteiger partial charge in [0.05, 0.1) is 18.7 Å². The number of aromatic nitrogens is 1. The number of fused-ring (bicyclic) bond motifs is 4. The molecule has 24 heavy (non-hydrogen) atoms. The van der Waals surface area contributed by atoms with Crippen LogP contribution < -0.4 is 4.74 Å². The molecular weight excluding hydrogens is 300 g/mol. The van der Waals surface area contributed by atoms with Crippen molar-refractivity contribution in [2.75, 3.05) is 20.2 Å². The van der Waals surface area contributed by atoms with E-state index in [9.17, 15) is 5.11 Å². The molecule has 5 atom stereocenters. The van der Waals surface area contributed by atoms with Crippen LogP contribution in [0.3, 0.4) is 0 Å².